The number of nitrogens with zero attached hydrogens (tertiary/aromatic N) is 2. The van der Waals surface area contributed by atoms with Crippen molar-refractivity contribution in [3.63, 3.8) is 0 Å². The van der Waals surface area contributed by atoms with Gasteiger partial charge in [0.1, 0.15) is 5.75 Å². The number of aryl methyl sites for hydroxylation is 3. The Kier molecular flexibility index (Phi) is 4.69. The molecule has 0 aliphatic carbocycles. The van der Waals surface area contributed by atoms with E-state index in [2.05, 4.69) is 18.9 Å². The normalized spacial score (nSPS) is 12.3. The molecule has 4 heteroatoms. The third kappa shape index (κ3) is 3.06. The van der Waals surface area contributed by atoms with Crippen molar-refractivity contribution in [2.24, 2.45) is 0 Å². The van der Waals surface area contributed by atoms with Crippen LogP contribution in [0.1, 0.15) is 46.7 Å². The van der Waals surface area contributed by atoms with Crippen molar-refractivity contribution in [2.45, 2.75) is 54.1 Å². The summed E-state index contributed by atoms with van der Waals surface area (Å²) in [5.41, 5.74) is 5.30. The molecule has 0 N–H and O–H groups in total. The molecule has 1 aromatic heterocycles. The summed E-state index contributed by atoms with van der Waals surface area (Å²) in [5.74, 6) is 0.569. The van der Waals surface area contributed by atoms with E-state index < -0.39 is 6.10 Å². The van der Waals surface area contributed by atoms with Crippen molar-refractivity contribution in [1.29, 1.82) is 0 Å². The van der Waals surface area contributed by atoms with Crippen LogP contribution in [0.5, 0.6) is 5.75 Å². The van der Waals surface area contributed by atoms with Crippen LogP contribution in [-0.4, -0.2) is 21.8 Å². The molecule has 0 radical (unpaired) electrons. The number of aromatic nitrogens is 2. The monoisotopic (exact) mass is 300 g/mol. The van der Waals surface area contributed by atoms with Gasteiger partial charge < -0.3 is 4.74 Å². The summed E-state index contributed by atoms with van der Waals surface area (Å²) < 4.78 is 7.27. The Labute approximate surface area is 132 Å². The smallest absolute Gasteiger partial charge is 0.287 e. The Morgan fingerprint density at radius 2 is 1.91 bits per heavy atom. The maximum Gasteiger partial charge on any atom is 0.287 e. The molecule has 1 atom stereocenters. The van der Waals surface area contributed by atoms with Crippen molar-refractivity contribution < 1.29 is 9.53 Å². The number of carbonyl (C=O) groups is 1. The molecule has 0 amide bonds. The third-order valence-electron chi connectivity index (χ3n) is 4.14. The molecular formula is C18H24N2O2. The zero-order chi connectivity index (χ0) is 16.4. The number of carbonyl (C=O) groups excluding carboxylic acids is 1. The highest BCUT2D eigenvalue weighted by Crippen LogP contribution is 2.19. The lowest BCUT2D eigenvalue weighted by Gasteiger charge is -2.15. The second-order valence-electron chi connectivity index (χ2n) is 5.76. The minimum atomic E-state index is -0.579. The van der Waals surface area contributed by atoms with Crippen LogP contribution in [0.25, 0.3) is 0 Å². The van der Waals surface area contributed by atoms with Gasteiger partial charge in [-0.1, -0.05) is 13.0 Å². The topological polar surface area (TPSA) is 44.1 Å². The molecule has 0 saturated heterocycles. The van der Waals surface area contributed by atoms with E-state index in [1.165, 1.54) is 10.2 Å². The molecule has 118 valence electrons. The molecule has 0 spiro atoms. The molecule has 1 aromatic carbocycles. The SMILES string of the molecule is CCc1c(C)nn(C(=O)[C@@H](C)Oc2ccc(C)c(C)c2)c1C. The van der Waals surface area contributed by atoms with Gasteiger partial charge in [-0.25, -0.2) is 4.68 Å². The van der Waals surface area contributed by atoms with Crippen molar-refractivity contribution in [1.82, 2.24) is 9.78 Å². The molecule has 0 saturated carbocycles. The molecule has 1 heterocycles. The first-order valence-electron chi connectivity index (χ1n) is 7.68. The van der Waals surface area contributed by atoms with Gasteiger partial charge in [-0.3, -0.25) is 4.79 Å². The number of benzene rings is 1. The molecule has 0 aliphatic rings. The maximum absolute atomic E-state index is 12.6. The summed E-state index contributed by atoms with van der Waals surface area (Å²) in [4.78, 5) is 12.6. The first-order chi connectivity index (χ1) is 10.3. The van der Waals surface area contributed by atoms with E-state index in [1.54, 1.807) is 6.92 Å². The van der Waals surface area contributed by atoms with Crippen molar-refractivity contribution in [3.05, 3.63) is 46.3 Å². The van der Waals surface area contributed by atoms with Crippen molar-refractivity contribution >= 4 is 5.91 Å². The van der Waals surface area contributed by atoms with E-state index in [0.29, 0.717) is 5.75 Å². The molecule has 0 aliphatic heterocycles. The molecule has 22 heavy (non-hydrogen) atoms. The quantitative estimate of drug-likeness (QED) is 0.863. The second-order valence-corrected chi connectivity index (χ2v) is 5.76. The first kappa shape index (κ1) is 16.3. The van der Waals surface area contributed by atoms with E-state index in [0.717, 1.165) is 28.9 Å². The summed E-state index contributed by atoms with van der Waals surface area (Å²) in [7, 11) is 0. The molecule has 0 fully saturated rings. The summed E-state index contributed by atoms with van der Waals surface area (Å²) in [6, 6.07) is 5.85. The van der Waals surface area contributed by atoms with Crippen LogP contribution in [0.2, 0.25) is 0 Å². The zero-order valence-corrected chi connectivity index (χ0v) is 14.2. The van der Waals surface area contributed by atoms with E-state index in [4.69, 9.17) is 4.74 Å². The molecular weight excluding hydrogens is 276 g/mol. The van der Waals surface area contributed by atoms with Crippen LogP contribution in [-0.2, 0) is 6.42 Å². The average molecular weight is 300 g/mol. The highest BCUT2D eigenvalue weighted by atomic mass is 16.5. The van der Waals surface area contributed by atoms with Crippen molar-refractivity contribution in [3.8, 4) is 5.75 Å². The summed E-state index contributed by atoms with van der Waals surface area (Å²) >= 11 is 0. The molecule has 4 nitrogen and oxygen atoms in total. The zero-order valence-electron chi connectivity index (χ0n) is 14.2. The summed E-state index contributed by atoms with van der Waals surface area (Å²) in [5, 5.41) is 4.36. The number of hydrogen-bond donors (Lipinski definition) is 0. The summed E-state index contributed by atoms with van der Waals surface area (Å²) in [6.07, 6.45) is 0.293. The lowest BCUT2D eigenvalue weighted by Crippen LogP contribution is -2.31. The fourth-order valence-corrected chi connectivity index (χ4v) is 2.62. The predicted octanol–water partition coefficient (Wildman–Crippen LogP) is 3.79. The van der Waals surface area contributed by atoms with E-state index in [9.17, 15) is 4.79 Å². The van der Waals surface area contributed by atoms with Crippen LogP contribution in [0.4, 0.5) is 0 Å². The van der Waals surface area contributed by atoms with Gasteiger partial charge in [-0.05, 0) is 69.9 Å². The standard InChI is InChI=1S/C18H24N2O2/c1-7-17-13(4)19-20(14(17)5)18(21)15(6)22-16-9-8-11(2)12(3)10-16/h8-10,15H,7H2,1-6H3/t15-/m1/s1. The summed E-state index contributed by atoms with van der Waals surface area (Å²) in [6.45, 7) is 11.8. The Morgan fingerprint density at radius 1 is 1.23 bits per heavy atom. The lowest BCUT2D eigenvalue weighted by atomic mass is 10.1. The largest absolute Gasteiger partial charge is 0.481 e. The highest BCUT2D eigenvalue weighted by Gasteiger charge is 2.22. The number of hydrogen-bond acceptors (Lipinski definition) is 3. The fourth-order valence-electron chi connectivity index (χ4n) is 2.62. The van der Waals surface area contributed by atoms with Gasteiger partial charge >= 0.3 is 0 Å². The molecule has 0 unspecified atom stereocenters. The van der Waals surface area contributed by atoms with Gasteiger partial charge in [0.15, 0.2) is 6.10 Å². The number of ether oxygens (including phenoxy) is 1. The lowest BCUT2D eigenvalue weighted by molar-refractivity contribution is 0.0707. The molecule has 2 aromatic rings. The van der Waals surface area contributed by atoms with Crippen molar-refractivity contribution in [2.75, 3.05) is 0 Å². The Hall–Kier alpha value is -2.10. The Bertz CT molecular complexity index is 701. The van der Waals surface area contributed by atoms with Gasteiger partial charge in [0.25, 0.3) is 5.91 Å². The van der Waals surface area contributed by atoms with Crippen LogP contribution < -0.4 is 4.74 Å². The predicted molar refractivity (Wildman–Crippen MR) is 87.7 cm³/mol. The van der Waals surface area contributed by atoms with E-state index in [-0.39, 0.29) is 5.91 Å². The van der Waals surface area contributed by atoms with E-state index in [1.807, 2.05) is 39.0 Å². The van der Waals surface area contributed by atoms with Crippen LogP contribution in [0.3, 0.4) is 0 Å². The van der Waals surface area contributed by atoms with Gasteiger partial charge in [0.05, 0.1) is 5.69 Å². The maximum atomic E-state index is 12.6. The Morgan fingerprint density at radius 3 is 2.45 bits per heavy atom. The minimum Gasteiger partial charge on any atom is -0.481 e. The first-order valence-corrected chi connectivity index (χ1v) is 7.68. The molecule has 0 bridgehead atoms. The van der Waals surface area contributed by atoms with Crippen LogP contribution in [0.15, 0.2) is 18.2 Å². The minimum absolute atomic E-state index is 0.140. The van der Waals surface area contributed by atoms with Crippen LogP contribution in [0, 0.1) is 27.7 Å². The average Bonchev–Trinajstić information content (AvgIpc) is 2.76. The highest BCUT2D eigenvalue weighted by molar-refractivity contribution is 5.83. The second kappa shape index (κ2) is 6.34. The van der Waals surface area contributed by atoms with Gasteiger partial charge in [-0.15, -0.1) is 0 Å². The number of rotatable bonds is 4. The van der Waals surface area contributed by atoms with Gasteiger partial charge in [0.2, 0.25) is 0 Å². The van der Waals surface area contributed by atoms with Gasteiger partial charge in [-0.2, -0.15) is 5.10 Å². The van der Waals surface area contributed by atoms with E-state index >= 15 is 0 Å². The third-order valence-corrected chi connectivity index (χ3v) is 4.14. The molecule has 2 rings (SSSR count). The fraction of sp³-hybridized carbons (Fsp3) is 0.444. The Balaban J connectivity index is 2.20. The van der Waals surface area contributed by atoms with Crippen LogP contribution >= 0.6 is 0 Å². The van der Waals surface area contributed by atoms with Gasteiger partial charge in [0, 0.05) is 5.69 Å².